The molecule has 126 valence electrons. The van der Waals surface area contributed by atoms with Crippen LogP contribution in [0.2, 0.25) is 5.15 Å². The molecule has 1 N–H and O–H groups in total. The lowest BCUT2D eigenvalue weighted by atomic mass is 10.2. The van der Waals surface area contributed by atoms with Crippen LogP contribution in [0.25, 0.3) is 6.08 Å². The number of benzene rings is 1. The number of halogens is 1. The first-order chi connectivity index (χ1) is 11.3. The zero-order chi connectivity index (χ0) is 17.9. The van der Waals surface area contributed by atoms with Gasteiger partial charge in [-0.2, -0.15) is 5.10 Å². The number of hydrogen-bond acceptors (Lipinski definition) is 3. The second kappa shape index (κ2) is 7.31. The van der Waals surface area contributed by atoms with Crippen molar-refractivity contribution in [3.05, 3.63) is 52.3 Å². The van der Waals surface area contributed by atoms with Gasteiger partial charge in [-0.25, -0.2) is 0 Å². The van der Waals surface area contributed by atoms with E-state index in [1.165, 1.54) is 11.0 Å². The van der Waals surface area contributed by atoms with E-state index in [2.05, 4.69) is 10.4 Å². The molecule has 1 heterocycles. The quantitative estimate of drug-likeness (QED) is 0.865. The lowest BCUT2D eigenvalue weighted by Gasteiger charge is -2.11. The van der Waals surface area contributed by atoms with Gasteiger partial charge in [0.05, 0.1) is 5.69 Å². The summed E-state index contributed by atoms with van der Waals surface area (Å²) in [5, 5.41) is 7.37. The van der Waals surface area contributed by atoms with Crippen LogP contribution < -0.4 is 5.32 Å². The zero-order valence-corrected chi connectivity index (χ0v) is 14.8. The van der Waals surface area contributed by atoms with Gasteiger partial charge in [0.2, 0.25) is 5.91 Å². The highest BCUT2D eigenvalue weighted by Crippen LogP contribution is 2.20. The Labute approximate surface area is 145 Å². The summed E-state index contributed by atoms with van der Waals surface area (Å²) in [6.45, 7) is 1.82. The number of nitrogens with one attached hydrogen (secondary N) is 1. The highest BCUT2D eigenvalue weighted by Gasteiger charge is 2.10. The maximum absolute atomic E-state index is 12.1. The van der Waals surface area contributed by atoms with E-state index in [4.69, 9.17) is 11.6 Å². The van der Waals surface area contributed by atoms with Crippen molar-refractivity contribution in [2.45, 2.75) is 6.92 Å². The molecular weight excluding hydrogens is 328 g/mol. The number of hydrogen-bond donors (Lipinski definition) is 1. The van der Waals surface area contributed by atoms with Crippen molar-refractivity contribution in [1.82, 2.24) is 14.7 Å². The van der Waals surface area contributed by atoms with Crippen molar-refractivity contribution in [2.75, 3.05) is 19.4 Å². The summed E-state index contributed by atoms with van der Waals surface area (Å²) in [6, 6.07) is 6.78. The van der Waals surface area contributed by atoms with Gasteiger partial charge in [-0.1, -0.05) is 17.7 Å². The van der Waals surface area contributed by atoms with Gasteiger partial charge in [-0.15, -0.1) is 0 Å². The summed E-state index contributed by atoms with van der Waals surface area (Å²) >= 11 is 6.12. The molecule has 0 saturated carbocycles. The van der Waals surface area contributed by atoms with Crippen LogP contribution in [0, 0.1) is 6.92 Å². The summed E-state index contributed by atoms with van der Waals surface area (Å²) in [4.78, 5) is 25.5. The van der Waals surface area contributed by atoms with E-state index in [1.807, 2.05) is 6.92 Å². The Kier molecular flexibility index (Phi) is 5.41. The average molecular weight is 347 g/mol. The molecule has 0 spiro atoms. The molecule has 0 aliphatic carbocycles. The zero-order valence-electron chi connectivity index (χ0n) is 14.0. The molecule has 1 aromatic carbocycles. The van der Waals surface area contributed by atoms with Crippen molar-refractivity contribution in [3.63, 3.8) is 0 Å². The number of nitrogens with zero attached hydrogens (tertiary/aromatic N) is 3. The number of aryl methyl sites for hydroxylation is 2. The minimum absolute atomic E-state index is 0.126. The van der Waals surface area contributed by atoms with Crippen molar-refractivity contribution in [3.8, 4) is 0 Å². The molecule has 0 unspecified atom stereocenters. The van der Waals surface area contributed by atoms with E-state index in [0.29, 0.717) is 22.0 Å². The Morgan fingerprint density at radius 1 is 1.33 bits per heavy atom. The maximum atomic E-state index is 12.1. The van der Waals surface area contributed by atoms with E-state index in [-0.39, 0.29) is 11.8 Å². The number of carbonyl (C=O) groups is 2. The topological polar surface area (TPSA) is 67.2 Å². The standard InChI is InChI=1S/C17H19ClN4O2/c1-11-14(16(18)22(4)20-11)8-9-15(23)19-13-7-5-6-12(10-13)17(24)21(2)3/h5-10H,1-4H3,(H,19,23)/b9-8+. The fourth-order valence-corrected chi connectivity index (χ4v) is 2.40. The molecule has 2 aromatic rings. The molecular formula is C17H19ClN4O2. The van der Waals surface area contributed by atoms with Crippen LogP contribution >= 0.6 is 11.6 Å². The Morgan fingerprint density at radius 2 is 2.04 bits per heavy atom. The van der Waals surface area contributed by atoms with E-state index in [0.717, 1.165) is 5.69 Å². The summed E-state index contributed by atoms with van der Waals surface area (Å²) in [6.07, 6.45) is 3.01. The molecule has 7 heteroatoms. The normalized spacial score (nSPS) is 10.9. The molecule has 0 saturated heterocycles. The predicted octanol–water partition coefficient (Wildman–Crippen LogP) is 2.74. The third-order valence-electron chi connectivity index (χ3n) is 3.38. The number of amides is 2. The molecule has 6 nitrogen and oxygen atoms in total. The van der Waals surface area contributed by atoms with E-state index < -0.39 is 0 Å². The van der Waals surface area contributed by atoms with Crippen LogP contribution in [0.5, 0.6) is 0 Å². The van der Waals surface area contributed by atoms with Gasteiger partial charge >= 0.3 is 0 Å². The second-order valence-corrected chi connectivity index (χ2v) is 5.87. The first-order valence-electron chi connectivity index (χ1n) is 7.29. The largest absolute Gasteiger partial charge is 0.345 e. The number of carbonyl (C=O) groups excluding carboxylic acids is 2. The molecule has 0 bridgehead atoms. The Hall–Kier alpha value is -2.60. The van der Waals surface area contributed by atoms with Crippen molar-refractivity contribution in [2.24, 2.45) is 7.05 Å². The third kappa shape index (κ3) is 4.02. The lowest BCUT2D eigenvalue weighted by Crippen LogP contribution is -2.21. The molecule has 24 heavy (non-hydrogen) atoms. The summed E-state index contributed by atoms with van der Waals surface area (Å²) in [5.74, 6) is -0.442. The van der Waals surface area contributed by atoms with Gasteiger partial charge in [0.15, 0.2) is 0 Å². The van der Waals surface area contributed by atoms with Crippen LogP contribution in [-0.4, -0.2) is 40.6 Å². The molecule has 0 atom stereocenters. The third-order valence-corrected chi connectivity index (χ3v) is 3.83. The van der Waals surface area contributed by atoms with Crippen LogP contribution in [0.4, 0.5) is 5.69 Å². The van der Waals surface area contributed by atoms with Gasteiger partial charge in [-0.3, -0.25) is 14.3 Å². The van der Waals surface area contributed by atoms with Crippen LogP contribution in [0.15, 0.2) is 30.3 Å². The summed E-state index contributed by atoms with van der Waals surface area (Å²) < 4.78 is 1.55. The summed E-state index contributed by atoms with van der Waals surface area (Å²) in [7, 11) is 5.09. The highest BCUT2D eigenvalue weighted by molar-refractivity contribution is 6.31. The van der Waals surface area contributed by atoms with E-state index in [1.54, 1.807) is 56.2 Å². The molecule has 0 aliphatic rings. The van der Waals surface area contributed by atoms with Gasteiger partial charge < -0.3 is 10.2 Å². The molecule has 1 aromatic heterocycles. The number of anilines is 1. The smallest absolute Gasteiger partial charge is 0.253 e. The maximum Gasteiger partial charge on any atom is 0.253 e. The molecule has 2 amide bonds. The first kappa shape index (κ1) is 17.7. The number of rotatable bonds is 4. The fourth-order valence-electron chi connectivity index (χ4n) is 2.17. The van der Waals surface area contributed by atoms with Gasteiger partial charge in [0, 0.05) is 44.0 Å². The van der Waals surface area contributed by atoms with E-state index >= 15 is 0 Å². The summed E-state index contributed by atoms with van der Waals surface area (Å²) in [5.41, 5.74) is 2.50. The van der Waals surface area contributed by atoms with Gasteiger partial charge in [-0.05, 0) is 31.2 Å². The van der Waals surface area contributed by atoms with Crippen LogP contribution in [-0.2, 0) is 11.8 Å². The molecule has 2 rings (SSSR count). The molecule has 0 aliphatic heterocycles. The van der Waals surface area contributed by atoms with Gasteiger partial charge in [0.25, 0.3) is 5.91 Å². The first-order valence-corrected chi connectivity index (χ1v) is 7.67. The van der Waals surface area contributed by atoms with Crippen molar-refractivity contribution in [1.29, 1.82) is 0 Å². The SMILES string of the molecule is Cc1nn(C)c(Cl)c1/C=C/C(=O)Nc1cccc(C(=O)N(C)C)c1. The fraction of sp³-hybridized carbons (Fsp3) is 0.235. The minimum Gasteiger partial charge on any atom is -0.345 e. The monoisotopic (exact) mass is 346 g/mol. The Bertz CT molecular complexity index is 809. The van der Waals surface area contributed by atoms with Crippen molar-refractivity contribution < 1.29 is 9.59 Å². The van der Waals surface area contributed by atoms with Crippen LogP contribution in [0.1, 0.15) is 21.6 Å². The average Bonchev–Trinajstić information content (AvgIpc) is 2.77. The Morgan fingerprint density at radius 3 is 2.62 bits per heavy atom. The lowest BCUT2D eigenvalue weighted by molar-refractivity contribution is -0.111. The molecule has 0 radical (unpaired) electrons. The number of aromatic nitrogens is 2. The second-order valence-electron chi connectivity index (χ2n) is 5.52. The van der Waals surface area contributed by atoms with E-state index in [9.17, 15) is 9.59 Å². The van der Waals surface area contributed by atoms with Crippen LogP contribution in [0.3, 0.4) is 0 Å². The molecule has 0 fully saturated rings. The predicted molar refractivity (Wildman–Crippen MR) is 95.1 cm³/mol. The van der Waals surface area contributed by atoms with Gasteiger partial charge in [0.1, 0.15) is 5.15 Å². The Balaban J connectivity index is 2.11. The minimum atomic E-state index is -0.316. The highest BCUT2D eigenvalue weighted by atomic mass is 35.5. The van der Waals surface area contributed by atoms with Crippen molar-refractivity contribution >= 4 is 35.2 Å².